The van der Waals surface area contributed by atoms with E-state index < -0.39 is 0 Å². The van der Waals surface area contributed by atoms with Gasteiger partial charge in [0, 0.05) is 36.3 Å². The molecule has 1 atom stereocenters. The fraction of sp³-hybridized carbons (Fsp3) is 0.367. The first-order valence-corrected chi connectivity index (χ1v) is 13.4. The van der Waals surface area contributed by atoms with Crippen molar-refractivity contribution in [2.45, 2.75) is 31.5 Å². The van der Waals surface area contributed by atoms with E-state index in [9.17, 15) is 4.79 Å². The highest BCUT2D eigenvalue weighted by atomic mass is 35.5. The molecule has 0 aromatic heterocycles. The molecule has 5 rings (SSSR count). The molecular weight excluding hydrogens is 486 g/mol. The highest BCUT2D eigenvalue weighted by Crippen LogP contribution is 2.26. The maximum Gasteiger partial charge on any atom is 0.255 e. The number of carbonyl (C=O) groups excluding carboxylic acids is 1. The molecule has 0 aliphatic carbocycles. The molecule has 2 saturated heterocycles. The molecule has 2 aliphatic rings. The number of benzene rings is 3. The molecule has 2 aliphatic heterocycles. The van der Waals surface area contributed by atoms with Crippen molar-refractivity contribution in [1.29, 1.82) is 0 Å². The topological polar surface area (TPSA) is 54.0 Å². The summed E-state index contributed by atoms with van der Waals surface area (Å²) in [6.07, 6.45) is 2.32. The molecular formula is C30H34ClN3O3. The van der Waals surface area contributed by atoms with Crippen molar-refractivity contribution in [1.82, 2.24) is 9.80 Å². The molecule has 37 heavy (non-hydrogen) atoms. The Morgan fingerprint density at radius 1 is 0.946 bits per heavy atom. The van der Waals surface area contributed by atoms with Crippen molar-refractivity contribution in [2.75, 3.05) is 44.7 Å². The lowest BCUT2D eigenvalue weighted by Gasteiger charge is -2.42. The number of hydrogen-bond donors (Lipinski definition) is 1. The lowest BCUT2D eigenvalue weighted by atomic mass is 10.0. The molecule has 2 heterocycles. The van der Waals surface area contributed by atoms with Crippen LogP contribution in [0.1, 0.15) is 28.8 Å². The van der Waals surface area contributed by atoms with Crippen LogP contribution in [-0.2, 0) is 11.3 Å². The van der Waals surface area contributed by atoms with Crippen molar-refractivity contribution >= 4 is 23.2 Å². The molecule has 6 nitrogen and oxygen atoms in total. The molecule has 0 saturated carbocycles. The van der Waals surface area contributed by atoms with Crippen LogP contribution in [0, 0.1) is 0 Å². The van der Waals surface area contributed by atoms with E-state index in [0.717, 1.165) is 50.6 Å². The third-order valence-electron chi connectivity index (χ3n) is 7.16. The highest BCUT2D eigenvalue weighted by Gasteiger charge is 2.29. The molecule has 0 radical (unpaired) electrons. The van der Waals surface area contributed by atoms with E-state index >= 15 is 0 Å². The summed E-state index contributed by atoms with van der Waals surface area (Å²) in [5, 5.41) is 3.76. The third-order valence-corrected chi connectivity index (χ3v) is 7.41. The summed E-state index contributed by atoms with van der Waals surface area (Å²) >= 11 is 6.02. The summed E-state index contributed by atoms with van der Waals surface area (Å²) in [7, 11) is 0. The normalized spacial score (nSPS) is 19.4. The zero-order valence-electron chi connectivity index (χ0n) is 21.0. The van der Waals surface area contributed by atoms with E-state index in [1.54, 1.807) is 12.1 Å². The van der Waals surface area contributed by atoms with Crippen molar-refractivity contribution in [3.05, 3.63) is 95.0 Å². The van der Waals surface area contributed by atoms with Gasteiger partial charge in [0.25, 0.3) is 5.91 Å². The SMILES string of the molecule is O=C(Nc1ccccc1OCC1CN(C2CCN(Cc3ccc(Cl)cc3)CC2)CCO1)c1ccccc1. The summed E-state index contributed by atoms with van der Waals surface area (Å²) < 4.78 is 12.2. The Balaban J connectivity index is 1.10. The predicted octanol–water partition coefficient (Wildman–Crippen LogP) is 5.34. The molecule has 0 spiro atoms. The highest BCUT2D eigenvalue weighted by molar-refractivity contribution is 6.30. The summed E-state index contributed by atoms with van der Waals surface area (Å²) in [4.78, 5) is 17.7. The molecule has 7 heteroatoms. The Morgan fingerprint density at radius 2 is 1.68 bits per heavy atom. The summed E-state index contributed by atoms with van der Waals surface area (Å²) in [6, 6.07) is 25.5. The average molecular weight is 520 g/mol. The smallest absolute Gasteiger partial charge is 0.255 e. The Hall–Kier alpha value is -2.90. The minimum Gasteiger partial charge on any atom is -0.489 e. The molecule has 3 aromatic rings. The summed E-state index contributed by atoms with van der Waals surface area (Å²) in [6.45, 7) is 6.16. The number of ether oxygens (including phenoxy) is 2. The number of piperidine rings is 1. The van der Waals surface area contributed by atoms with Crippen LogP contribution in [0.15, 0.2) is 78.9 Å². The number of anilines is 1. The lowest BCUT2D eigenvalue weighted by Crippen LogP contribution is -2.52. The second kappa shape index (κ2) is 12.6. The maximum absolute atomic E-state index is 12.6. The first-order valence-electron chi connectivity index (χ1n) is 13.0. The van der Waals surface area contributed by atoms with Crippen molar-refractivity contribution in [3.8, 4) is 5.75 Å². The van der Waals surface area contributed by atoms with Crippen LogP contribution in [-0.4, -0.2) is 67.2 Å². The van der Waals surface area contributed by atoms with Gasteiger partial charge in [0.2, 0.25) is 0 Å². The van der Waals surface area contributed by atoms with E-state index in [0.29, 0.717) is 36.3 Å². The van der Waals surface area contributed by atoms with Gasteiger partial charge < -0.3 is 14.8 Å². The Kier molecular flexibility index (Phi) is 8.74. The summed E-state index contributed by atoms with van der Waals surface area (Å²) in [5.74, 6) is 0.502. The number of hydrogen-bond acceptors (Lipinski definition) is 5. The first-order chi connectivity index (χ1) is 18.1. The molecule has 3 aromatic carbocycles. The van der Waals surface area contributed by atoms with E-state index in [4.69, 9.17) is 21.1 Å². The maximum atomic E-state index is 12.6. The van der Waals surface area contributed by atoms with E-state index in [-0.39, 0.29) is 12.0 Å². The molecule has 1 N–H and O–H groups in total. The van der Waals surface area contributed by atoms with Crippen LogP contribution < -0.4 is 10.1 Å². The van der Waals surface area contributed by atoms with Gasteiger partial charge >= 0.3 is 0 Å². The summed E-state index contributed by atoms with van der Waals surface area (Å²) in [5.41, 5.74) is 2.59. The van der Waals surface area contributed by atoms with Crippen LogP contribution in [0.25, 0.3) is 0 Å². The fourth-order valence-electron chi connectivity index (χ4n) is 5.13. The van der Waals surface area contributed by atoms with Crippen molar-refractivity contribution in [2.24, 2.45) is 0 Å². The minimum absolute atomic E-state index is 0.00118. The van der Waals surface area contributed by atoms with Gasteiger partial charge in [-0.3, -0.25) is 14.6 Å². The van der Waals surface area contributed by atoms with Crippen LogP contribution >= 0.6 is 11.6 Å². The predicted molar refractivity (Wildman–Crippen MR) is 147 cm³/mol. The molecule has 1 amide bonds. The first kappa shape index (κ1) is 25.7. The zero-order chi connectivity index (χ0) is 25.5. The second-order valence-corrected chi connectivity index (χ2v) is 10.2. The van der Waals surface area contributed by atoms with Crippen LogP contribution in [0.2, 0.25) is 5.02 Å². The number of amides is 1. The second-order valence-electron chi connectivity index (χ2n) is 9.75. The van der Waals surface area contributed by atoms with Gasteiger partial charge in [-0.15, -0.1) is 0 Å². The van der Waals surface area contributed by atoms with Gasteiger partial charge in [-0.25, -0.2) is 0 Å². The number of nitrogens with zero attached hydrogens (tertiary/aromatic N) is 2. The standard InChI is InChI=1S/C30H34ClN3O3/c31-25-12-10-23(11-13-25)20-33-16-14-26(15-17-33)34-18-19-36-27(21-34)22-37-29-9-5-4-8-28(29)32-30(35)24-6-2-1-3-7-24/h1-13,26-27H,14-22H2,(H,32,35). The minimum atomic E-state index is -0.154. The largest absolute Gasteiger partial charge is 0.489 e. The average Bonchev–Trinajstić information content (AvgIpc) is 2.95. The monoisotopic (exact) mass is 519 g/mol. The van der Waals surface area contributed by atoms with E-state index in [1.807, 2.05) is 54.6 Å². The number of nitrogens with one attached hydrogen (secondary N) is 1. The van der Waals surface area contributed by atoms with Gasteiger partial charge in [-0.1, -0.05) is 54.1 Å². The molecule has 1 unspecified atom stereocenters. The van der Waals surface area contributed by atoms with Crippen molar-refractivity contribution in [3.63, 3.8) is 0 Å². The van der Waals surface area contributed by atoms with Gasteiger partial charge in [-0.05, 0) is 67.9 Å². The van der Waals surface area contributed by atoms with Crippen LogP contribution in [0.5, 0.6) is 5.75 Å². The Morgan fingerprint density at radius 3 is 2.46 bits per heavy atom. The van der Waals surface area contributed by atoms with Gasteiger partial charge in [0.05, 0.1) is 12.3 Å². The van der Waals surface area contributed by atoms with Gasteiger partial charge in [0.15, 0.2) is 0 Å². The number of likely N-dealkylation sites (tertiary alicyclic amines) is 1. The van der Waals surface area contributed by atoms with Crippen LogP contribution in [0.4, 0.5) is 5.69 Å². The quantitative estimate of drug-likeness (QED) is 0.435. The third kappa shape index (κ3) is 7.11. The van der Waals surface area contributed by atoms with E-state index in [2.05, 4.69) is 27.2 Å². The van der Waals surface area contributed by atoms with Crippen LogP contribution in [0.3, 0.4) is 0 Å². The number of morpholine rings is 1. The fourth-order valence-corrected chi connectivity index (χ4v) is 5.25. The lowest BCUT2D eigenvalue weighted by molar-refractivity contribution is -0.0673. The molecule has 2 fully saturated rings. The van der Waals surface area contributed by atoms with E-state index in [1.165, 1.54) is 5.56 Å². The van der Waals surface area contributed by atoms with Gasteiger partial charge in [-0.2, -0.15) is 0 Å². The Bertz CT molecular complexity index is 1150. The number of halogens is 1. The number of para-hydroxylation sites is 2. The zero-order valence-corrected chi connectivity index (χ0v) is 21.8. The van der Waals surface area contributed by atoms with Gasteiger partial charge in [0.1, 0.15) is 18.5 Å². The molecule has 0 bridgehead atoms. The number of carbonyl (C=O) groups is 1. The molecule has 194 valence electrons. The van der Waals surface area contributed by atoms with Crippen molar-refractivity contribution < 1.29 is 14.3 Å². The number of rotatable bonds is 8. The Labute approximate surface area is 224 Å².